The van der Waals surface area contributed by atoms with Crippen molar-refractivity contribution in [3.63, 3.8) is 0 Å². The molecule has 0 heterocycles. The van der Waals surface area contributed by atoms with Gasteiger partial charge in [0.1, 0.15) is 5.60 Å². The van der Waals surface area contributed by atoms with Crippen molar-refractivity contribution < 1.29 is 24.2 Å². The Hall–Kier alpha value is -1.10. The lowest BCUT2D eigenvalue weighted by molar-refractivity contribution is -0.172. The summed E-state index contributed by atoms with van der Waals surface area (Å²) in [7, 11) is 1.15. The van der Waals surface area contributed by atoms with Gasteiger partial charge in [-0.2, -0.15) is 0 Å². The molecule has 0 amide bonds. The number of ether oxygens (including phenoxy) is 2. The van der Waals surface area contributed by atoms with Crippen LogP contribution in [0.4, 0.5) is 0 Å². The highest BCUT2D eigenvalue weighted by molar-refractivity contribution is 5.95. The van der Waals surface area contributed by atoms with Crippen molar-refractivity contribution in [1.82, 2.24) is 0 Å². The quantitative estimate of drug-likeness (QED) is 0.551. The van der Waals surface area contributed by atoms with E-state index in [0.717, 1.165) is 7.11 Å². The standard InChI is InChI=1S/C10H18O5/c1-6(11)7(8(12)14-5)9(13)15-10(2,3)4/h6-7,11H,1-5H3/t6-,7+/m1/s1. The molecular weight excluding hydrogens is 200 g/mol. The summed E-state index contributed by atoms with van der Waals surface area (Å²) in [5.41, 5.74) is -0.696. The topological polar surface area (TPSA) is 72.8 Å². The van der Waals surface area contributed by atoms with Crippen molar-refractivity contribution >= 4 is 11.9 Å². The molecule has 0 unspecified atom stereocenters. The molecule has 0 aliphatic carbocycles. The van der Waals surface area contributed by atoms with E-state index < -0.39 is 29.6 Å². The largest absolute Gasteiger partial charge is 0.468 e. The van der Waals surface area contributed by atoms with Crippen LogP contribution < -0.4 is 0 Å². The van der Waals surface area contributed by atoms with E-state index in [1.165, 1.54) is 6.92 Å². The molecule has 0 rings (SSSR count). The number of aliphatic hydroxyl groups excluding tert-OH is 1. The molecular formula is C10H18O5. The molecule has 2 atom stereocenters. The van der Waals surface area contributed by atoms with E-state index in [4.69, 9.17) is 4.74 Å². The number of carbonyl (C=O) groups is 2. The van der Waals surface area contributed by atoms with E-state index in [-0.39, 0.29) is 0 Å². The fourth-order valence-electron chi connectivity index (χ4n) is 0.982. The van der Waals surface area contributed by atoms with Crippen molar-refractivity contribution in [1.29, 1.82) is 0 Å². The molecule has 0 fully saturated rings. The van der Waals surface area contributed by atoms with Gasteiger partial charge in [-0.15, -0.1) is 0 Å². The zero-order valence-corrected chi connectivity index (χ0v) is 9.73. The number of carbonyl (C=O) groups excluding carboxylic acids is 2. The van der Waals surface area contributed by atoms with Gasteiger partial charge in [0.2, 0.25) is 0 Å². The Kier molecular flexibility index (Phi) is 4.74. The van der Waals surface area contributed by atoms with Crippen molar-refractivity contribution in [3.05, 3.63) is 0 Å². The number of esters is 2. The van der Waals surface area contributed by atoms with Crippen molar-refractivity contribution in [2.24, 2.45) is 5.92 Å². The van der Waals surface area contributed by atoms with Crippen LogP contribution in [0.15, 0.2) is 0 Å². The van der Waals surface area contributed by atoms with Gasteiger partial charge in [-0.3, -0.25) is 9.59 Å². The van der Waals surface area contributed by atoms with E-state index >= 15 is 0 Å². The summed E-state index contributed by atoms with van der Waals surface area (Å²) < 4.78 is 9.39. The minimum absolute atomic E-state index is 0.696. The average molecular weight is 218 g/mol. The minimum Gasteiger partial charge on any atom is -0.468 e. The van der Waals surface area contributed by atoms with Crippen molar-refractivity contribution in [2.45, 2.75) is 39.4 Å². The van der Waals surface area contributed by atoms with E-state index in [1.807, 2.05) is 0 Å². The second kappa shape index (κ2) is 5.11. The normalized spacial score (nSPS) is 15.3. The van der Waals surface area contributed by atoms with Crippen LogP contribution in [0, 0.1) is 5.92 Å². The monoisotopic (exact) mass is 218 g/mol. The Balaban J connectivity index is 4.65. The van der Waals surface area contributed by atoms with Crippen LogP contribution in [0.2, 0.25) is 0 Å². The van der Waals surface area contributed by atoms with Crippen LogP contribution in [0.1, 0.15) is 27.7 Å². The smallest absolute Gasteiger partial charge is 0.323 e. The first-order valence-electron chi connectivity index (χ1n) is 4.68. The number of methoxy groups -OCH3 is 1. The molecule has 0 aromatic rings. The summed E-state index contributed by atoms with van der Waals surface area (Å²) in [5.74, 6) is -2.85. The maximum Gasteiger partial charge on any atom is 0.323 e. The summed E-state index contributed by atoms with van der Waals surface area (Å²) >= 11 is 0. The lowest BCUT2D eigenvalue weighted by Crippen LogP contribution is -2.39. The third kappa shape index (κ3) is 4.78. The number of hydrogen-bond acceptors (Lipinski definition) is 5. The second-order valence-corrected chi connectivity index (χ2v) is 4.27. The van der Waals surface area contributed by atoms with Gasteiger partial charge in [0.05, 0.1) is 13.2 Å². The van der Waals surface area contributed by atoms with Gasteiger partial charge < -0.3 is 14.6 Å². The summed E-state index contributed by atoms with van der Waals surface area (Å²) in [4.78, 5) is 22.7. The van der Waals surface area contributed by atoms with Crippen LogP contribution in [-0.2, 0) is 19.1 Å². The summed E-state index contributed by atoms with van der Waals surface area (Å²) in [6.45, 7) is 6.38. The lowest BCUT2D eigenvalue weighted by atomic mass is 10.0. The van der Waals surface area contributed by atoms with Gasteiger partial charge in [-0.05, 0) is 27.7 Å². The Labute approximate surface area is 89.4 Å². The number of aliphatic hydroxyl groups is 1. The van der Waals surface area contributed by atoms with Gasteiger partial charge in [0.15, 0.2) is 5.92 Å². The molecule has 0 saturated heterocycles. The van der Waals surface area contributed by atoms with Crippen molar-refractivity contribution in [2.75, 3.05) is 7.11 Å². The molecule has 0 aromatic heterocycles. The second-order valence-electron chi connectivity index (χ2n) is 4.27. The molecule has 0 aliphatic rings. The summed E-state index contributed by atoms with van der Waals surface area (Å²) in [6.07, 6.45) is -1.13. The molecule has 5 nitrogen and oxygen atoms in total. The van der Waals surface area contributed by atoms with E-state index in [2.05, 4.69) is 4.74 Å². The van der Waals surface area contributed by atoms with Crippen LogP contribution in [0.25, 0.3) is 0 Å². The SMILES string of the molecule is COC(=O)[C@@H](C(=O)OC(C)(C)C)[C@@H](C)O. The first kappa shape index (κ1) is 13.9. The van der Waals surface area contributed by atoms with Gasteiger partial charge in [-0.1, -0.05) is 0 Å². The fraction of sp³-hybridized carbons (Fsp3) is 0.800. The van der Waals surface area contributed by atoms with Crippen LogP contribution >= 0.6 is 0 Å². The molecule has 0 aromatic carbocycles. The molecule has 0 bridgehead atoms. The molecule has 0 aliphatic heterocycles. The first-order valence-corrected chi connectivity index (χ1v) is 4.68. The van der Waals surface area contributed by atoms with Crippen LogP contribution in [-0.4, -0.2) is 35.9 Å². The molecule has 0 radical (unpaired) electrons. The van der Waals surface area contributed by atoms with E-state index in [1.54, 1.807) is 20.8 Å². The Morgan fingerprint density at radius 1 is 1.20 bits per heavy atom. The molecule has 0 spiro atoms. The third-order valence-corrected chi connectivity index (χ3v) is 1.60. The number of rotatable bonds is 3. The van der Waals surface area contributed by atoms with E-state index in [0.29, 0.717) is 0 Å². The first-order chi connectivity index (χ1) is 6.69. The Morgan fingerprint density at radius 3 is 1.93 bits per heavy atom. The van der Waals surface area contributed by atoms with Gasteiger partial charge in [0.25, 0.3) is 0 Å². The zero-order valence-electron chi connectivity index (χ0n) is 9.73. The Bertz CT molecular complexity index is 239. The highest BCUT2D eigenvalue weighted by Crippen LogP contribution is 2.15. The lowest BCUT2D eigenvalue weighted by Gasteiger charge is -2.23. The highest BCUT2D eigenvalue weighted by atomic mass is 16.6. The molecule has 1 N–H and O–H groups in total. The Morgan fingerprint density at radius 2 is 1.67 bits per heavy atom. The van der Waals surface area contributed by atoms with Crippen LogP contribution in [0.3, 0.4) is 0 Å². The van der Waals surface area contributed by atoms with E-state index in [9.17, 15) is 14.7 Å². The third-order valence-electron chi connectivity index (χ3n) is 1.60. The predicted octanol–water partition coefficient (Wildman–Crippen LogP) is 0.498. The maximum atomic E-state index is 11.5. The fourth-order valence-corrected chi connectivity index (χ4v) is 0.982. The molecule has 0 saturated carbocycles. The maximum absolute atomic E-state index is 11.5. The molecule has 88 valence electrons. The number of hydrogen-bond donors (Lipinski definition) is 1. The van der Waals surface area contributed by atoms with Gasteiger partial charge in [-0.25, -0.2) is 0 Å². The predicted molar refractivity (Wildman–Crippen MR) is 53.0 cm³/mol. The average Bonchev–Trinajstić information content (AvgIpc) is 1.99. The van der Waals surface area contributed by atoms with Crippen molar-refractivity contribution in [3.8, 4) is 0 Å². The summed E-state index contributed by atoms with van der Waals surface area (Å²) in [6, 6.07) is 0. The van der Waals surface area contributed by atoms with Gasteiger partial charge in [0, 0.05) is 0 Å². The molecule has 15 heavy (non-hydrogen) atoms. The van der Waals surface area contributed by atoms with Gasteiger partial charge >= 0.3 is 11.9 Å². The summed E-state index contributed by atoms with van der Waals surface area (Å²) in [5, 5.41) is 9.28. The molecule has 5 heteroatoms. The minimum atomic E-state index is -1.28. The highest BCUT2D eigenvalue weighted by Gasteiger charge is 2.35. The zero-order chi connectivity index (χ0) is 12.2. The van der Waals surface area contributed by atoms with Crippen LogP contribution in [0.5, 0.6) is 0 Å².